The molecule has 2 aromatic rings. The summed E-state index contributed by atoms with van der Waals surface area (Å²) < 4.78 is 13.7. The number of hydrogen-bond acceptors (Lipinski definition) is 1. The first-order chi connectivity index (χ1) is 7.16. The maximum atomic E-state index is 13.0. The second kappa shape index (κ2) is 4.52. The summed E-state index contributed by atoms with van der Waals surface area (Å²) in [6.07, 6.45) is 0. The Kier molecular flexibility index (Phi) is 3.29. The van der Waals surface area contributed by atoms with Gasteiger partial charge in [0, 0.05) is 4.88 Å². The zero-order valence-electron chi connectivity index (χ0n) is 7.58. The van der Waals surface area contributed by atoms with Crippen molar-refractivity contribution in [2.75, 3.05) is 0 Å². The molecule has 0 radical (unpaired) electrons. The molecule has 0 saturated carbocycles. The summed E-state index contributed by atoms with van der Waals surface area (Å²) in [7, 11) is 0. The van der Waals surface area contributed by atoms with E-state index in [2.05, 4.69) is 0 Å². The van der Waals surface area contributed by atoms with Crippen molar-refractivity contribution in [1.29, 1.82) is 0 Å². The molecule has 1 heterocycles. The Bertz CT molecular complexity index is 467. The van der Waals surface area contributed by atoms with Crippen LogP contribution < -0.4 is 0 Å². The van der Waals surface area contributed by atoms with E-state index in [1.54, 1.807) is 18.2 Å². The largest absolute Gasteiger partial charge is 0.207 e. The van der Waals surface area contributed by atoms with Gasteiger partial charge in [0.15, 0.2) is 0 Å². The van der Waals surface area contributed by atoms with E-state index in [-0.39, 0.29) is 11.2 Å². The molecule has 0 bridgehead atoms. The molecule has 0 nitrogen and oxygen atoms in total. The second-order valence-electron chi connectivity index (χ2n) is 3.06. The Morgan fingerprint density at radius 2 is 2.00 bits per heavy atom. The Labute approximate surface area is 101 Å². The number of thiophene rings is 1. The second-order valence-corrected chi connectivity index (χ2v) is 5.24. The minimum Gasteiger partial charge on any atom is -0.207 e. The highest BCUT2D eigenvalue weighted by atomic mass is 35.5. The van der Waals surface area contributed by atoms with E-state index < -0.39 is 0 Å². The van der Waals surface area contributed by atoms with Crippen LogP contribution >= 0.6 is 34.5 Å². The molecule has 0 aliphatic heterocycles. The van der Waals surface area contributed by atoms with Crippen molar-refractivity contribution in [1.82, 2.24) is 0 Å². The Hall–Kier alpha value is -0.570. The molecule has 2 rings (SSSR count). The molecular formula is C11H7Cl2FS. The molecule has 1 atom stereocenters. The normalized spacial score (nSPS) is 12.7. The minimum absolute atomic E-state index is 0.277. The summed E-state index contributed by atoms with van der Waals surface area (Å²) in [5.41, 5.74) is 0.746. The first-order valence-corrected chi connectivity index (χ1v) is 5.94. The first-order valence-electron chi connectivity index (χ1n) is 4.31. The van der Waals surface area contributed by atoms with Gasteiger partial charge in [-0.25, -0.2) is 4.39 Å². The summed E-state index contributed by atoms with van der Waals surface area (Å²) in [5, 5.41) is -0.335. The highest BCUT2D eigenvalue weighted by molar-refractivity contribution is 7.16. The third kappa shape index (κ3) is 2.51. The molecule has 1 aromatic carbocycles. The lowest BCUT2D eigenvalue weighted by Gasteiger charge is -2.06. The molecule has 1 unspecified atom stereocenters. The van der Waals surface area contributed by atoms with Gasteiger partial charge >= 0.3 is 0 Å². The summed E-state index contributed by atoms with van der Waals surface area (Å²) in [4.78, 5) is 0.923. The lowest BCUT2D eigenvalue weighted by atomic mass is 10.1. The van der Waals surface area contributed by atoms with Crippen molar-refractivity contribution in [3.05, 3.63) is 57.0 Å². The molecular weight excluding hydrogens is 254 g/mol. The summed E-state index contributed by atoms with van der Waals surface area (Å²) in [6.45, 7) is 0. The van der Waals surface area contributed by atoms with E-state index in [4.69, 9.17) is 23.2 Å². The third-order valence-electron chi connectivity index (χ3n) is 1.99. The Morgan fingerprint density at radius 1 is 1.20 bits per heavy atom. The summed E-state index contributed by atoms with van der Waals surface area (Å²) in [6, 6.07) is 9.93. The molecule has 0 aliphatic rings. The van der Waals surface area contributed by atoms with E-state index >= 15 is 0 Å². The van der Waals surface area contributed by atoms with Crippen LogP contribution in [0.2, 0.25) is 4.34 Å². The highest BCUT2D eigenvalue weighted by Gasteiger charge is 2.13. The zero-order valence-corrected chi connectivity index (χ0v) is 9.91. The van der Waals surface area contributed by atoms with Gasteiger partial charge in [-0.3, -0.25) is 0 Å². The minimum atomic E-state index is -0.335. The predicted octanol–water partition coefficient (Wildman–Crippen LogP) is 4.87. The topological polar surface area (TPSA) is 0 Å². The average Bonchev–Trinajstić information content (AvgIpc) is 2.64. The first kappa shape index (κ1) is 10.9. The van der Waals surface area contributed by atoms with Crippen molar-refractivity contribution in [2.24, 2.45) is 0 Å². The Balaban J connectivity index is 2.32. The van der Waals surface area contributed by atoms with Crippen molar-refractivity contribution in [3.63, 3.8) is 0 Å². The van der Waals surface area contributed by atoms with Crippen LogP contribution in [0.1, 0.15) is 15.8 Å². The molecule has 0 amide bonds. The van der Waals surface area contributed by atoms with Crippen LogP contribution in [0, 0.1) is 5.82 Å². The zero-order chi connectivity index (χ0) is 10.8. The maximum Gasteiger partial charge on any atom is 0.123 e. The van der Waals surface area contributed by atoms with E-state index in [9.17, 15) is 4.39 Å². The van der Waals surface area contributed by atoms with Gasteiger partial charge in [0.2, 0.25) is 0 Å². The van der Waals surface area contributed by atoms with Crippen molar-refractivity contribution < 1.29 is 4.39 Å². The number of benzene rings is 1. The number of hydrogen-bond donors (Lipinski definition) is 0. The van der Waals surface area contributed by atoms with Gasteiger partial charge in [0.1, 0.15) is 5.82 Å². The third-order valence-corrected chi connectivity index (χ3v) is 3.90. The molecule has 0 aliphatic carbocycles. The van der Waals surface area contributed by atoms with Crippen LogP contribution in [0.3, 0.4) is 0 Å². The lowest BCUT2D eigenvalue weighted by Crippen LogP contribution is -1.90. The van der Waals surface area contributed by atoms with Crippen LogP contribution in [0.4, 0.5) is 4.39 Å². The quantitative estimate of drug-likeness (QED) is 0.676. The fraction of sp³-hybridized carbons (Fsp3) is 0.0909. The fourth-order valence-corrected chi connectivity index (χ4v) is 2.70. The van der Waals surface area contributed by atoms with Gasteiger partial charge < -0.3 is 0 Å². The number of halogens is 3. The van der Waals surface area contributed by atoms with Gasteiger partial charge in [-0.2, -0.15) is 0 Å². The highest BCUT2D eigenvalue weighted by Crippen LogP contribution is 2.35. The van der Waals surface area contributed by atoms with Gasteiger partial charge in [0.25, 0.3) is 0 Å². The number of alkyl halides is 1. The average molecular weight is 261 g/mol. The van der Waals surface area contributed by atoms with Gasteiger partial charge in [-0.05, 0) is 29.8 Å². The Morgan fingerprint density at radius 3 is 2.60 bits per heavy atom. The van der Waals surface area contributed by atoms with E-state index in [0.29, 0.717) is 4.34 Å². The lowest BCUT2D eigenvalue weighted by molar-refractivity contribution is 0.626. The molecule has 15 heavy (non-hydrogen) atoms. The molecule has 78 valence electrons. The van der Waals surface area contributed by atoms with E-state index in [0.717, 1.165) is 10.4 Å². The maximum absolute atomic E-state index is 13.0. The van der Waals surface area contributed by atoms with Crippen LogP contribution in [-0.4, -0.2) is 0 Å². The monoisotopic (exact) mass is 260 g/mol. The predicted molar refractivity (Wildman–Crippen MR) is 63.4 cm³/mol. The van der Waals surface area contributed by atoms with Crippen molar-refractivity contribution in [2.45, 2.75) is 5.38 Å². The fourth-order valence-electron chi connectivity index (χ4n) is 1.29. The van der Waals surface area contributed by atoms with Crippen LogP contribution in [-0.2, 0) is 0 Å². The number of rotatable bonds is 2. The molecule has 4 heteroatoms. The molecule has 0 fully saturated rings. The SMILES string of the molecule is Fc1cccc(C(Cl)c2ccc(Cl)s2)c1. The smallest absolute Gasteiger partial charge is 0.123 e. The standard InChI is InChI=1S/C11H7Cl2FS/c12-10-5-4-9(15-10)11(13)7-2-1-3-8(14)6-7/h1-6,11H. The van der Waals surface area contributed by atoms with Crippen molar-refractivity contribution >= 4 is 34.5 Å². The van der Waals surface area contributed by atoms with Gasteiger partial charge in [-0.1, -0.05) is 23.7 Å². The molecule has 0 spiro atoms. The molecule has 0 N–H and O–H groups in total. The van der Waals surface area contributed by atoms with Crippen LogP contribution in [0.25, 0.3) is 0 Å². The summed E-state index contributed by atoms with van der Waals surface area (Å²) in [5.74, 6) is -0.277. The van der Waals surface area contributed by atoms with Crippen molar-refractivity contribution in [3.8, 4) is 0 Å². The van der Waals surface area contributed by atoms with E-state index in [1.165, 1.54) is 23.5 Å². The van der Waals surface area contributed by atoms with Crippen LogP contribution in [0.15, 0.2) is 36.4 Å². The van der Waals surface area contributed by atoms with Gasteiger partial charge in [-0.15, -0.1) is 22.9 Å². The molecule has 1 aromatic heterocycles. The van der Waals surface area contributed by atoms with E-state index in [1.807, 2.05) is 6.07 Å². The summed E-state index contributed by atoms with van der Waals surface area (Å²) >= 11 is 13.4. The van der Waals surface area contributed by atoms with Gasteiger partial charge in [0.05, 0.1) is 9.71 Å². The van der Waals surface area contributed by atoms with Crippen LogP contribution in [0.5, 0.6) is 0 Å². The molecule has 0 saturated heterocycles.